The first-order valence-corrected chi connectivity index (χ1v) is 11.4. The van der Waals surface area contributed by atoms with Gasteiger partial charge in [-0.25, -0.2) is 0 Å². The molecular weight excluding hydrogens is 404 g/mol. The van der Waals surface area contributed by atoms with Crippen molar-refractivity contribution in [1.82, 2.24) is 0 Å². The molecule has 32 heavy (non-hydrogen) atoms. The fraction of sp³-hybridized carbons (Fsp3) is 0.462. The lowest BCUT2D eigenvalue weighted by molar-refractivity contribution is -0.175. The summed E-state index contributed by atoms with van der Waals surface area (Å²) in [6.07, 6.45) is 5.19. The van der Waals surface area contributed by atoms with Crippen LogP contribution in [0.5, 0.6) is 0 Å². The molecule has 0 unspecified atom stereocenters. The average molecular weight is 441 g/mol. The van der Waals surface area contributed by atoms with Gasteiger partial charge in [-0.15, -0.1) is 0 Å². The number of carbonyl (C=O) groups excluding carboxylic acids is 2. The second-order valence-corrected chi connectivity index (χ2v) is 8.05. The van der Waals surface area contributed by atoms with Gasteiger partial charge in [0.05, 0.1) is 0 Å². The van der Waals surface area contributed by atoms with Crippen molar-refractivity contribution in [2.24, 2.45) is 16.9 Å². The van der Waals surface area contributed by atoms with Gasteiger partial charge in [-0.2, -0.15) is 0 Å². The Kier molecular flexibility index (Phi) is 11.5. The molecule has 0 atom stereocenters. The fourth-order valence-electron chi connectivity index (χ4n) is 3.69. The molecule has 0 heterocycles. The molecule has 6 heteroatoms. The molecule has 0 aliphatic rings. The number of hydrogen-bond donors (Lipinski definition) is 2. The first kappa shape index (κ1) is 25.6. The second kappa shape index (κ2) is 14.4. The van der Waals surface area contributed by atoms with Gasteiger partial charge in [0.1, 0.15) is 13.2 Å². The summed E-state index contributed by atoms with van der Waals surface area (Å²) in [4.78, 5) is 26.5. The minimum Gasteiger partial charge on any atom is -0.460 e. The zero-order chi connectivity index (χ0) is 23.1. The van der Waals surface area contributed by atoms with Gasteiger partial charge < -0.3 is 20.9 Å². The molecule has 6 nitrogen and oxygen atoms in total. The molecule has 0 amide bonds. The van der Waals surface area contributed by atoms with Crippen molar-refractivity contribution >= 4 is 11.9 Å². The quantitative estimate of drug-likeness (QED) is 0.245. The molecule has 2 aromatic rings. The van der Waals surface area contributed by atoms with Crippen molar-refractivity contribution in [3.63, 3.8) is 0 Å². The minimum absolute atomic E-state index is 0.106. The van der Waals surface area contributed by atoms with E-state index in [1.807, 2.05) is 60.7 Å². The van der Waals surface area contributed by atoms with Crippen LogP contribution < -0.4 is 11.5 Å². The largest absolute Gasteiger partial charge is 0.460 e. The van der Waals surface area contributed by atoms with Crippen LogP contribution in [0.25, 0.3) is 0 Å². The molecule has 0 aliphatic carbocycles. The number of rotatable bonds is 15. The van der Waals surface area contributed by atoms with Crippen LogP contribution in [-0.4, -0.2) is 25.0 Å². The summed E-state index contributed by atoms with van der Waals surface area (Å²) in [5.41, 5.74) is 11.7. The SMILES string of the molecule is NCCCCCCCC(CCN)(C(=O)OCc1ccccc1)C(=O)OCc1ccccc1. The molecule has 2 aromatic carbocycles. The summed E-state index contributed by atoms with van der Waals surface area (Å²) >= 11 is 0. The maximum Gasteiger partial charge on any atom is 0.323 e. The monoisotopic (exact) mass is 440 g/mol. The number of ether oxygens (including phenoxy) is 2. The summed E-state index contributed by atoms with van der Waals surface area (Å²) in [7, 11) is 0. The van der Waals surface area contributed by atoms with Crippen molar-refractivity contribution in [1.29, 1.82) is 0 Å². The first-order chi connectivity index (χ1) is 15.6. The van der Waals surface area contributed by atoms with E-state index in [1.165, 1.54) is 0 Å². The number of nitrogens with two attached hydrogens (primary N) is 2. The van der Waals surface area contributed by atoms with Crippen LogP contribution in [0.4, 0.5) is 0 Å². The van der Waals surface area contributed by atoms with E-state index in [0.29, 0.717) is 19.4 Å². The summed E-state index contributed by atoms with van der Waals surface area (Å²) in [5.74, 6) is -1.13. The topological polar surface area (TPSA) is 105 Å². The summed E-state index contributed by atoms with van der Waals surface area (Å²) in [5, 5.41) is 0. The van der Waals surface area contributed by atoms with Crippen molar-refractivity contribution in [3.8, 4) is 0 Å². The van der Waals surface area contributed by atoms with Crippen LogP contribution in [0, 0.1) is 5.41 Å². The molecule has 0 fully saturated rings. The van der Waals surface area contributed by atoms with Crippen LogP contribution in [0.15, 0.2) is 60.7 Å². The maximum atomic E-state index is 13.3. The predicted octanol–water partition coefficient (Wildman–Crippen LogP) is 4.11. The molecule has 0 radical (unpaired) electrons. The Bertz CT molecular complexity index is 740. The van der Waals surface area contributed by atoms with Crippen LogP contribution in [0.1, 0.15) is 56.1 Å². The molecule has 174 valence electrons. The Hall–Kier alpha value is -2.70. The number of esters is 2. The van der Waals surface area contributed by atoms with E-state index >= 15 is 0 Å². The van der Waals surface area contributed by atoms with Crippen molar-refractivity contribution in [3.05, 3.63) is 71.8 Å². The van der Waals surface area contributed by atoms with Gasteiger partial charge in [0.2, 0.25) is 0 Å². The van der Waals surface area contributed by atoms with Gasteiger partial charge in [0.15, 0.2) is 5.41 Å². The fourth-order valence-corrected chi connectivity index (χ4v) is 3.69. The standard InChI is InChI=1S/C26H36N2O4/c27-18-11-3-1-2-10-16-26(17-19-28,24(29)31-20-22-12-6-4-7-13-22)25(30)32-21-23-14-8-5-9-15-23/h4-9,12-15H,1-3,10-11,16-21,27-28H2. The van der Waals surface area contributed by atoms with E-state index < -0.39 is 17.4 Å². The number of benzene rings is 2. The molecule has 0 aliphatic heterocycles. The highest BCUT2D eigenvalue weighted by atomic mass is 16.6. The maximum absolute atomic E-state index is 13.3. The van der Waals surface area contributed by atoms with Crippen LogP contribution in [0.2, 0.25) is 0 Å². The molecular formula is C26H36N2O4. The van der Waals surface area contributed by atoms with Gasteiger partial charge in [-0.1, -0.05) is 86.3 Å². The lowest BCUT2D eigenvalue weighted by atomic mass is 9.79. The van der Waals surface area contributed by atoms with Crippen molar-refractivity contribution in [2.45, 2.75) is 58.2 Å². The van der Waals surface area contributed by atoms with Crippen molar-refractivity contribution in [2.75, 3.05) is 13.1 Å². The Morgan fingerprint density at radius 1 is 0.625 bits per heavy atom. The normalized spacial score (nSPS) is 11.2. The minimum atomic E-state index is -1.40. The van der Waals surface area contributed by atoms with Gasteiger partial charge in [-0.05, 0) is 43.5 Å². The zero-order valence-corrected chi connectivity index (χ0v) is 18.8. The van der Waals surface area contributed by atoms with Crippen LogP contribution >= 0.6 is 0 Å². The number of hydrogen-bond acceptors (Lipinski definition) is 6. The molecule has 0 aromatic heterocycles. The van der Waals surface area contributed by atoms with Crippen molar-refractivity contribution < 1.29 is 19.1 Å². The number of unbranched alkanes of at least 4 members (excludes halogenated alkanes) is 4. The van der Waals surface area contributed by atoms with E-state index in [9.17, 15) is 9.59 Å². The highest BCUT2D eigenvalue weighted by Crippen LogP contribution is 2.33. The predicted molar refractivity (Wildman–Crippen MR) is 125 cm³/mol. The van der Waals surface area contributed by atoms with E-state index in [-0.39, 0.29) is 26.2 Å². The van der Waals surface area contributed by atoms with E-state index in [0.717, 1.165) is 36.8 Å². The molecule has 0 saturated carbocycles. The molecule has 0 spiro atoms. The third-order valence-electron chi connectivity index (χ3n) is 5.59. The number of carbonyl (C=O) groups is 2. The average Bonchev–Trinajstić information content (AvgIpc) is 2.83. The smallest absolute Gasteiger partial charge is 0.323 e. The van der Waals surface area contributed by atoms with E-state index in [4.69, 9.17) is 20.9 Å². The second-order valence-electron chi connectivity index (χ2n) is 8.05. The van der Waals surface area contributed by atoms with Crippen LogP contribution in [-0.2, 0) is 32.3 Å². The zero-order valence-electron chi connectivity index (χ0n) is 18.8. The van der Waals surface area contributed by atoms with Gasteiger partial charge in [0.25, 0.3) is 0 Å². The molecule has 2 rings (SSSR count). The molecule has 0 saturated heterocycles. The van der Waals surface area contributed by atoms with Gasteiger partial charge >= 0.3 is 11.9 Å². The Morgan fingerprint density at radius 3 is 1.56 bits per heavy atom. The highest BCUT2D eigenvalue weighted by molar-refractivity contribution is 6.00. The third kappa shape index (κ3) is 8.09. The highest BCUT2D eigenvalue weighted by Gasteiger charge is 2.47. The summed E-state index contributed by atoms with van der Waals surface area (Å²) < 4.78 is 11.2. The van der Waals surface area contributed by atoms with E-state index in [1.54, 1.807) is 0 Å². The van der Waals surface area contributed by atoms with Gasteiger partial charge in [0, 0.05) is 0 Å². The third-order valence-corrected chi connectivity index (χ3v) is 5.59. The Balaban J connectivity index is 2.10. The molecule has 0 bridgehead atoms. The van der Waals surface area contributed by atoms with Gasteiger partial charge in [-0.3, -0.25) is 9.59 Å². The lowest BCUT2D eigenvalue weighted by Crippen LogP contribution is -2.43. The van der Waals surface area contributed by atoms with Crippen LogP contribution in [0.3, 0.4) is 0 Å². The summed E-state index contributed by atoms with van der Waals surface area (Å²) in [6, 6.07) is 18.8. The Morgan fingerprint density at radius 2 is 1.09 bits per heavy atom. The summed E-state index contributed by atoms with van der Waals surface area (Å²) in [6.45, 7) is 1.08. The molecule has 4 N–H and O–H groups in total. The Labute approximate surface area is 191 Å². The first-order valence-electron chi connectivity index (χ1n) is 11.4. The lowest BCUT2D eigenvalue weighted by Gasteiger charge is -2.29. The van der Waals surface area contributed by atoms with E-state index in [2.05, 4.69) is 0 Å².